The van der Waals surface area contributed by atoms with Crippen molar-refractivity contribution in [2.45, 2.75) is 6.92 Å². The molecule has 0 aliphatic heterocycles. The predicted molar refractivity (Wildman–Crippen MR) is 94.0 cm³/mol. The molecule has 0 aliphatic carbocycles. The molecule has 0 aliphatic rings. The van der Waals surface area contributed by atoms with Gasteiger partial charge in [-0.2, -0.15) is 5.26 Å². The fourth-order valence-electron chi connectivity index (χ4n) is 2.26. The van der Waals surface area contributed by atoms with Crippen molar-refractivity contribution in [1.29, 1.82) is 5.26 Å². The predicted octanol–water partition coefficient (Wildman–Crippen LogP) is 3.69. The molecule has 6 nitrogen and oxygen atoms in total. The molecule has 1 aromatic heterocycles. The highest BCUT2D eigenvalue weighted by Crippen LogP contribution is 2.20. The van der Waals surface area contributed by atoms with E-state index in [2.05, 4.69) is 10.3 Å². The minimum Gasteiger partial charge on any atom is -0.479 e. The number of aromatic nitrogens is 1. The summed E-state index contributed by atoms with van der Waals surface area (Å²) < 4.78 is 10.6. The van der Waals surface area contributed by atoms with Gasteiger partial charge in [-0.1, -0.05) is 12.1 Å². The number of rotatable bonds is 5. The third-order valence-electron chi connectivity index (χ3n) is 3.37. The molecule has 0 saturated carbocycles. The van der Waals surface area contributed by atoms with E-state index in [0.29, 0.717) is 22.9 Å². The number of nitrogens with one attached hydrogen (secondary N) is 1. The zero-order chi connectivity index (χ0) is 17.6. The Hall–Kier alpha value is -3.59. The van der Waals surface area contributed by atoms with Gasteiger partial charge in [0.1, 0.15) is 17.3 Å². The summed E-state index contributed by atoms with van der Waals surface area (Å²) in [4.78, 5) is 16.2. The molecule has 2 aromatic carbocycles. The van der Waals surface area contributed by atoms with Crippen LogP contribution in [0.4, 0.5) is 5.69 Å². The topological polar surface area (TPSA) is 88.1 Å². The highest BCUT2D eigenvalue weighted by molar-refractivity contribution is 6.02. The monoisotopic (exact) mass is 333 g/mol. The number of nitriles is 1. The lowest BCUT2D eigenvalue weighted by atomic mass is 10.2. The summed E-state index contributed by atoms with van der Waals surface area (Å²) in [5, 5.41) is 11.2. The summed E-state index contributed by atoms with van der Waals surface area (Å²) in [7, 11) is 0. The minimum atomic E-state index is -0.250. The van der Waals surface area contributed by atoms with Crippen molar-refractivity contribution in [1.82, 2.24) is 4.98 Å². The van der Waals surface area contributed by atoms with Crippen LogP contribution in [0.1, 0.15) is 11.5 Å². The van der Waals surface area contributed by atoms with Crippen LogP contribution in [0.2, 0.25) is 0 Å². The standard InChI is InChI=1S/C19H15N3O3/c1-13-21-17-8-5-15(12-18(17)25-13)22-19(23)9-4-14-2-6-16(7-3-14)24-11-10-20/h2-9,12H,11H2,1H3,(H,22,23). The number of anilines is 1. The summed E-state index contributed by atoms with van der Waals surface area (Å²) in [5.74, 6) is 0.944. The number of benzene rings is 2. The molecule has 0 fully saturated rings. The van der Waals surface area contributed by atoms with Crippen molar-refractivity contribution >= 4 is 28.8 Å². The van der Waals surface area contributed by atoms with Crippen molar-refractivity contribution in [3.63, 3.8) is 0 Å². The van der Waals surface area contributed by atoms with Gasteiger partial charge in [-0.3, -0.25) is 4.79 Å². The summed E-state index contributed by atoms with van der Waals surface area (Å²) >= 11 is 0. The quantitative estimate of drug-likeness (QED) is 0.719. The van der Waals surface area contributed by atoms with E-state index >= 15 is 0 Å². The number of nitrogens with zero attached hydrogens (tertiary/aromatic N) is 2. The molecule has 3 rings (SSSR count). The molecule has 3 aromatic rings. The van der Waals surface area contributed by atoms with E-state index < -0.39 is 0 Å². The Labute approximate surface area is 144 Å². The average molecular weight is 333 g/mol. The van der Waals surface area contributed by atoms with Crippen LogP contribution in [0, 0.1) is 18.3 Å². The van der Waals surface area contributed by atoms with Crippen LogP contribution in [-0.2, 0) is 4.79 Å². The van der Waals surface area contributed by atoms with E-state index in [0.717, 1.165) is 11.1 Å². The van der Waals surface area contributed by atoms with E-state index in [1.807, 2.05) is 6.07 Å². The van der Waals surface area contributed by atoms with Crippen LogP contribution >= 0.6 is 0 Å². The van der Waals surface area contributed by atoms with Gasteiger partial charge in [0.2, 0.25) is 5.91 Å². The number of carbonyl (C=O) groups excluding carboxylic acids is 1. The van der Waals surface area contributed by atoms with Gasteiger partial charge in [-0.15, -0.1) is 0 Å². The molecule has 1 heterocycles. The Morgan fingerprint density at radius 1 is 1.32 bits per heavy atom. The lowest BCUT2D eigenvalue weighted by molar-refractivity contribution is -0.111. The average Bonchev–Trinajstić information content (AvgIpc) is 2.98. The largest absolute Gasteiger partial charge is 0.479 e. The Balaban J connectivity index is 1.62. The molecule has 0 unspecified atom stereocenters. The van der Waals surface area contributed by atoms with Crippen LogP contribution in [0.5, 0.6) is 5.75 Å². The Morgan fingerprint density at radius 2 is 2.12 bits per heavy atom. The van der Waals surface area contributed by atoms with Crippen LogP contribution in [0.3, 0.4) is 0 Å². The van der Waals surface area contributed by atoms with Gasteiger partial charge in [-0.05, 0) is 35.9 Å². The first-order valence-electron chi connectivity index (χ1n) is 7.60. The summed E-state index contributed by atoms with van der Waals surface area (Å²) in [6.45, 7) is 1.78. The smallest absolute Gasteiger partial charge is 0.248 e. The van der Waals surface area contributed by atoms with Gasteiger partial charge in [0, 0.05) is 24.8 Å². The second-order valence-corrected chi connectivity index (χ2v) is 5.25. The maximum absolute atomic E-state index is 12.0. The van der Waals surface area contributed by atoms with Crippen LogP contribution in [0.25, 0.3) is 17.2 Å². The third kappa shape index (κ3) is 4.24. The highest BCUT2D eigenvalue weighted by Gasteiger charge is 2.04. The Kier molecular flexibility index (Phi) is 4.77. The number of fused-ring (bicyclic) bond motifs is 1. The molecule has 25 heavy (non-hydrogen) atoms. The Bertz CT molecular complexity index is 966. The molecular formula is C19H15N3O3. The summed E-state index contributed by atoms with van der Waals surface area (Å²) in [6.07, 6.45) is 3.14. The second kappa shape index (κ2) is 7.32. The summed E-state index contributed by atoms with van der Waals surface area (Å²) in [6, 6.07) is 14.3. The van der Waals surface area contributed by atoms with Crippen molar-refractivity contribution in [2.24, 2.45) is 0 Å². The molecule has 6 heteroatoms. The number of hydrogen-bond acceptors (Lipinski definition) is 5. The van der Waals surface area contributed by atoms with Crippen LogP contribution in [-0.4, -0.2) is 17.5 Å². The SMILES string of the molecule is Cc1nc2ccc(NC(=O)C=Cc3ccc(OCC#N)cc3)cc2o1. The minimum absolute atomic E-state index is 0.00660. The molecule has 1 N–H and O–H groups in total. The first-order valence-corrected chi connectivity index (χ1v) is 7.60. The van der Waals surface area contributed by atoms with Crippen LogP contribution < -0.4 is 10.1 Å². The van der Waals surface area contributed by atoms with Gasteiger partial charge >= 0.3 is 0 Å². The van der Waals surface area contributed by atoms with Crippen molar-refractivity contribution in [2.75, 3.05) is 11.9 Å². The fraction of sp³-hybridized carbons (Fsp3) is 0.105. The number of carbonyl (C=O) groups is 1. The molecule has 0 saturated heterocycles. The number of aryl methyl sites for hydroxylation is 1. The maximum Gasteiger partial charge on any atom is 0.248 e. The number of amides is 1. The second-order valence-electron chi connectivity index (χ2n) is 5.25. The van der Waals surface area contributed by atoms with Crippen molar-refractivity contribution in [3.8, 4) is 11.8 Å². The first kappa shape index (κ1) is 16.3. The normalized spacial score (nSPS) is 10.7. The lowest BCUT2D eigenvalue weighted by Gasteiger charge is -2.02. The van der Waals surface area contributed by atoms with E-state index in [1.54, 1.807) is 55.5 Å². The number of ether oxygens (including phenoxy) is 1. The van der Waals surface area contributed by atoms with Gasteiger partial charge in [0.25, 0.3) is 0 Å². The van der Waals surface area contributed by atoms with Gasteiger partial charge in [-0.25, -0.2) is 4.98 Å². The van der Waals surface area contributed by atoms with Gasteiger partial charge in [0.05, 0.1) is 0 Å². The van der Waals surface area contributed by atoms with Gasteiger partial charge < -0.3 is 14.5 Å². The fourth-order valence-corrected chi connectivity index (χ4v) is 2.26. The molecular weight excluding hydrogens is 318 g/mol. The third-order valence-corrected chi connectivity index (χ3v) is 3.37. The van der Waals surface area contributed by atoms with Crippen molar-refractivity contribution < 1.29 is 13.9 Å². The number of hydrogen-bond donors (Lipinski definition) is 1. The van der Waals surface area contributed by atoms with Gasteiger partial charge in [0.15, 0.2) is 18.1 Å². The van der Waals surface area contributed by atoms with E-state index in [9.17, 15) is 4.79 Å². The molecule has 1 amide bonds. The first-order chi connectivity index (χ1) is 12.1. The number of oxazole rings is 1. The highest BCUT2D eigenvalue weighted by atomic mass is 16.5. The Morgan fingerprint density at radius 3 is 2.88 bits per heavy atom. The molecule has 124 valence electrons. The molecule has 0 radical (unpaired) electrons. The maximum atomic E-state index is 12.0. The molecule has 0 atom stereocenters. The zero-order valence-electron chi connectivity index (χ0n) is 13.5. The zero-order valence-corrected chi connectivity index (χ0v) is 13.5. The summed E-state index contributed by atoms with van der Waals surface area (Å²) in [5.41, 5.74) is 2.87. The molecule has 0 bridgehead atoms. The molecule has 0 spiro atoms. The lowest BCUT2D eigenvalue weighted by Crippen LogP contribution is -2.07. The van der Waals surface area contributed by atoms with E-state index in [4.69, 9.17) is 14.4 Å². The van der Waals surface area contributed by atoms with E-state index in [1.165, 1.54) is 6.08 Å². The van der Waals surface area contributed by atoms with E-state index in [-0.39, 0.29) is 12.5 Å². The van der Waals surface area contributed by atoms with Crippen LogP contribution in [0.15, 0.2) is 53.0 Å². The van der Waals surface area contributed by atoms with Crippen molar-refractivity contribution in [3.05, 3.63) is 60.0 Å².